The Bertz CT molecular complexity index is 253. The predicted octanol–water partition coefficient (Wildman–Crippen LogP) is 1.81. The molecule has 2 nitrogen and oxygen atoms in total. The number of nitrogens with zero attached hydrogens (tertiary/aromatic N) is 1. The highest BCUT2D eigenvalue weighted by molar-refractivity contribution is 7.09. The Kier molecular flexibility index (Phi) is 2.42. The Hall–Kier alpha value is -0.410. The molecule has 3 heteroatoms. The molecule has 0 amide bonds. The summed E-state index contributed by atoms with van der Waals surface area (Å²) in [5, 5.41) is 6.59. The number of hydrogen-bond donors (Lipinski definition) is 1. The smallest absolute Gasteiger partial charge is 0.0931 e. The third-order valence-electron chi connectivity index (χ3n) is 2.12. The van der Waals surface area contributed by atoms with Crippen LogP contribution < -0.4 is 5.32 Å². The highest BCUT2D eigenvalue weighted by atomic mass is 32.1. The molecular formula is C9H14N2S. The summed E-state index contributed by atoms with van der Waals surface area (Å²) in [4.78, 5) is 4.54. The average molecular weight is 182 g/mol. The first-order valence-electron chi connectivity index (χ1n) is 4.46. The van der Waals surface area contributed by atoms with E-state index in [4.69, 9.17) is 0 Å². The first-order chi connectivity index (χ1) is 5.88. The quantitative estimate of drug-likeness (QED) is 0.768. The molecular weight excluding hydrogens is 168 g/mol. The maximum absolute atomic E-state index is 4.54. The van der Waals surface area contributed by atoms with Gasteiger partial charge in [-0.05, 0) is 25.8 Å². The molecule has 0 saturated heterocycles. The summed E-state index contributed by atoms with van der Waals surface area (Å²) in [5.74, 6) is 0.957. The molecule has 1 saturated carbocycles. The molecule has 2 rings (SSSR count). The average Bonchev–Trinajstić information content (AvgIpc) is 2.74. The van der Waals surface area contributed by atoms with E-state index in [9.17, 15) is 0 Å². The molecule has 1 heterocycles. The third kappa shape index (κ3) is 2.05. The SMILES string of the molecule is CNCc1csc(CC2CC2)n1. The van der Waals surface area contributed by atoms with Crippen LogP contribution in [0.5, 0.6) is 0 Å². The van der Waals surface area contributed by atoms with Crippen molar-refractivity contribution >= 4 is 11.3 Å². The second-order valence-corrected chi connectivity index (χ2v) is 4.35. The zero-order valence-electron chi connectivity index (χ0n) is 7.34. The Morgan fingerprint density at radius 1 is 1.67 bits per heavy atom. The summed E-state index contributed by atoms with van der Waals surface area (Å²) < 4.78 is 0. The van der Waals surface area contributed by atoms with Crippen LogP contribution in [-0.4, -0.2) is 12.0 Å². The van der Waals surface area contributed by atoms with Crippen molar-refractivity contribution in [3.8, 4) is 0 Å². The lowest BCUT2D eigenvalue weighted by atomic mass is 10.3. The third-order valence-corrected chi connectivity index (χ3v) is 3.04. The minimum absolute atomic E-state index is 0.904. The van der Waals surface area contributed by atoms with Crippen LogP contribution in [0.15, 0.2) is 5.38 Å². The molecule has 1 aromatic rings. The van der Waals surface area contributed by atoms with Crippen LogP contribution in [-0.2, 0) is 13.0 Å². The normalized spacial score (nSPS) is 16.8. The molecule has 1 fully saturated rings. The first-order valence-corrected chi connectivity index (χ1v) is 5.34. The van der Waals surface area contributed by atoms with E-state index in [2.05, 4.69) is 15.7 Å². The van der Waals surface area contributed by atoms with Crippen LogP contribution in [0.2, 0.25) is 0 Å². The molecule has 1 N–H and O–H groups in total. The molecule has 0 bridgehead atoms. The summed E-state index contributed by atoms with van der Waals surface area (Å²) in [6, 6.07) is 0. The van der Waals surface area contributed by atoms with Crippen molar-refractivity contribution in [3.63, 3.8) is 0 Å². The van der Waals surface area contributed by atoms with Crippen molar-refractivity contribution in [1.82, 2.24) is 10.3 Å². The molecule has 0 aliphatic heterocycles. The Morgan fingerprint density at radius 3 is 3.17 bits per heavy atom. The number of hydrogen-bond acceptors (Lipinski definition) is 3. The Morgan fingerprint density at radius 2 is 2.50 bits per heavy atom. The van der Waals surface area contributed by atoms with E-state index in [1.807, 2.05) is 7.05 Å². The summed E-state index contributed by atoms with van der Waals surface area (Å²) in [6.45, 7) is 0.904. The summed E-state index contributed by atoms with van der Waals surface area (Å²) in [5.41, 5.74) is 1.19. The van der Waals surface area contributed by atoms with Gasteiger partial charge in [-0.1, -0.05) is 0 Å². The van der Waals surface area contributed by atoms with Gasteiger partial charge in [0, 0.05) is 18.3 Å². The van der Waals surface area contributed by atoms with Crippen molar-refractivity contribution in [2.45, 2.75) is 25.8 Å². The lowest BCUT2D eigenvalue weighted by Crippen LogP contribution is -2.05. The fourth-order valence-corrected chi connectivity index (χ4v) is 2.18. The number of rotatable bonds is 4. The van der Waals surface area contributed by atoms with Gasteiger partial charge >= 0.3 is 0 Å². The molecule has 1 aliphatic carbocycles. The van der Waals surface area contributed by atoms with Crippen LogP contribution in [0.1, 0.15) is 23.5 Å². The maximum Gasteiger partial charge on any atom is 0.0931 e. The van der Waals surface area contributed by atoms with Gasteiger partial charge in [-0.15, -0.1) is 11.3 Å². The predicted molar refractivity (Wildman–Crippen MR) is 51.3 cm³/mol. The van der Waals surface area contributed by atoms with Gasteiger partial charge in [0.05, 0.1) is 10.7 Å². The van der Waals surface area contributed by atoms with E-state index >= 15 is 0 Å². The fourth-order valence-electron chi connectivity index (χ4n) is 1.27. The summed E-state index contributed by atoms with van der Waals surface area (Å²) in [6.07, 6.45) is 4.05. The topological polar surface area (TPSA) is 24.9 Å². The van der Waals surface area contributed by atoms with Gasteiger partial charge < -0.3 is 5.32 Å². The van der Waals surface area contributed by atoms with Crippen molar-refractivity contribution in [2.75, 3.05) is 7.05 Å². The molecule has 0 radical (unpaired) electrons. The zero-order chi connectivity index (χ0) is 8.39. The molecule has 12 heavy (non-hydrogen) atoms. The van der Waals surface area contributed by atoms with Crippen molar-refractivity contribution in [2.24, 2.45) is 5.92 Å². The second kappa shape index (κ2) is 3.54. The molecule has 66 valence electrons. The van der Waals surface area contributed by atoms with Gasteiger partial charge in [-0.2, -0.15) is 0 Å². The van der Waals surface area contributed by atoms with E-state index in [0.29, 0.717) is 0 Å². The monoisotopic (exact) mass is 182 g/mol. The van der Waals surface area contributed by atoms with Gasteiger partial charge in [0.2, 0.25) is 0 Å². The Balaban J connectivity index is 1.92. The van der Waals surface area contributed by atoms with E-state index in [1.165, 1.54) is 30.0 Å². The molecule has 1 aromatic heterocycles. The lowest BCUT2D eigenvalue weighted by Gasteiger charge is -1.92. The highest BCUT2D eigenvalue weighted by Crippen LogP contribution is 2.33. The van der Waals surface area contributed by atoms with Crippen molar-refractivity contribution in [1.29, 1.82) is 0 Å². The van der Waals surface area contributed by atoms with Crippen molar-refractivity contribution < 1.29 is 0 Å². The highest BCUT2D eigenvalue weighted by Gasteiger charge is 2.22. The zero-order valence-corrected chi connectivity index (χ0v) is 8.16. The molecule has 0 unspecified atom stereocenters. The van der Waals surface area contributed by atoms with E-state index in [-0.39, 0.29) is 0 Å². The standard InChI is InChI=1S/C9H14N2S/c1-10-5-8-6-12-9(11-8)4-7-2-3-7/h6-7,10H,2-5H2,1H3. The van der Waals surface area contributed by atoms with Gasteiger partial charge in [0.15, 0.2) is 0 Å². The first kappa shape index (κ1) is 8.20. The van der Waals surface area contributed by atoms with Crippen LogP contribution in [0.4, 0.5) is 0 Å². The van der Waals surface area contributed by atoms with Crippen molar-refractivity contribution in [3.05, 3.63) is 16.1 Å². The summed E-state index contributed by atoms with van der Waals surface area (Å²) in [7, 11) is 1.96. The maximum atomic E-state index is 4.54. The van der Waals surface area contributed by atoms with Gasteiger partial charge in [-0.3, -0.25) is 0 Å². The van der Waals surface area contributed by atoms with Gasteiger partial charge in [0.25, 0.3) is 0 Å². The molecule has 1 aliphatic rings. The van der Waals surface area contributed by atoms with Crippen LogP contribution in [0.3, 0.4) is 0 Å². The molecule has 0 spiro atoms. The van der Waals surface area contributed by atoms with Crippen LogP contribution in [0, 0.1) is 5.92 Å². The summed E-state index contributed by atoms with van der Waals surface area (Å²) >= 11 is 1.81. The Labute approximate surface area is 77.0 Å². The minimum Gasteiger partial charge on any atom is -0.314 e. The van der Waals surface area contributed by atoms with Gasteiger partial charge in [0.1, 0.15) is 0 Å². The van der Waals surface area contributed by atoms with Gasteiger partial charge in [-0.25, -0.2) is 4.98 Å². The van der Waals surface area contributed by atoms with Crippen LogP contribution >= 0.6 is 11.3 Å². The largest absolute Gasteiger partial charge is 0.314 e. The second-order valence-electron chi connectivity index (χ2n) is 3.41. The number of aromatic nitrogens is 1. The lowest BCUT2D eigenvalue weighted by molar-refractivity contribution is 0.775. The molecule has 0 atom stereocenters. The fraction of sp³-hybridized carbons (Fsp3) is 0.667. The number of nitrogens with one attached hydrogen (secondary N) is 1. The van der Waals surface area contributed by atoms with E-state index < -0.39 is 0 Å². The van der Waals surface area contributed by atoms with E-state index in [1.54, 1.807) is 11.3 Å². The van der Waals surface area contributed by atoms with Crippen LogP contribution in [0.25, 0.3) is 0 Å². The minimum atomic E-state index is 0.904. The molecule has 0 aromatic carbocycles. The van der Waals surface area contributed by atoms with E-state index in [0.717, 1.165) is 12.5 Å². The number of thiazole rings is 1.